The number of nitrogens with zero attached hydrogens (tertiary/aromatic N) is 3. The highest BCUT2D eigenvalue weighted by atomic mass is 16.6. The second-order valence-electron chi connectivity index (χ2n) is 9.06. The van der Waals surface area contributed by atoms with Crippen LogP contribution in [-0.4, -0.2) is 66.9 Å². The molecule has 176 valence electrons. The lowest BCUT2D eigenvalue weighted by Gasteiger charge is -2.36. The molecule has 2 aromatic rings. The van der Waals surface area contributed by atoms with Gasteiger partial charge in [-0.3, -0.25) is 4.79 Å². The fourth-order valence-corrected chi connectivity index (χ4v) is 3.69. The normalized spacial score (nSPS) is 15.7. The molecule has 2 aliphatic rings. The van der Waals surface area contributed by atoms with Crippen molar-refractivity contribution in [2.45, 2.75) is 32.8 Å². The Morgan fingerprint density at radius 3 is 2.42 bits per heavy atom. The molecule has 2 aliphatic heterocycles. The average Bonchev–Trinajstić information content (AvgIpc) is 2.78. The van der Waals surface area contributed by atoms with Crippen LogP contribution in [0.2, 0.25) is 0 Å². The molecule has 1 aromatic carbocycles. The Morgan fingerprint density at radius 1 is 1.03 bits per heavy atom. The topological polar surface area (TPSA) is 93.2 Å². The van der Waals surface area contributed by atoms with Crippen molar-refractivity contribution >= 4 is 23.5 Å². The Bertz CT molecular complexity index is 995. The van der Waals surface area contributed by atoms with E-state index in [0.717, 1.165) is 11.3 Å². The average molecular weight is 455 g/mol. The van der Waals surface area contributed by atoms with E-state index in [-0.39, 0.29) is 18.4 Å². The van der Waals surface area contributed by atoms with Gasteiger partial charge in [-0.25, -0.2) is 9.78 Å². The van der Waals surface area contributed by atoms with E-state index in [1.54, 1.807) is 17.2 Å². The number of ether oxygens (including phenoxy) is 3. The Kier molecular flexibility index (Phi) is 6.57. The van der Waals surface area contributed by atoms with Crippen LogP contribution in [0, 0.1) is 0 Å². The van der Waals surface area contributed by atoms with E-state index in [0.29, 0.717) is 56.7 Å². The molecule has 0 atom stereocenters. The highest BCUT2D eigenvalue weighted by molar-refractivity contribution is 5.91. The number of aromatic nitrogens is 1. The number of fused-ring (bicyclic) bond motifs is 1. The molecule has 2 amide bonds. The Morgan fingerprint density at radius 2 is 1.76 bits per heavy atom. The zero-order chi connectivity index (χ0) is 23.4. The van der Waals surface area contributed by atoms with E-state index in [9.17, 15) is 9.59 Å². The Labute approximate surface area is 193 Å². The maximum atomic E-state index is 12.5. The number of carbonyl (C=O) groups excluding carboxylic acids is 2. The second kappa shape index (κ2) is 9.56. The molecule has 1 N–H and O–H groups in total. The smallest absolute Gasteiger partial charge is 0.410 e. The van der Waals surface area contributed by atoms with E-state index in [1.807, 2.05) is 45.0 Å². The molecule has 0 aliphatic carbocycles. The highest BCUT2D eigenvalue weighted by Crippen LogP contribution is 2.31. The summed E-state index contributed by atoms with van der Waals surface area (Å²) in [6, 6.07) is 9.24. The molecule has 3 heterocycles. The first-order chi connectivity index (χ1) is 15.8. The van der Waals surface area contributed by atoms with Crippen molar-refractivity contribution in [2.75, 3.05) is 49.6 Å². The summed E-state index contributed by atoms with van der Waals surface area (Å²) in [4.78, 5) is 32.9. The zero-order valence-electron chi connectivity index (χ0n) is 19.3. The summed E-state index contributed by atoms with van der Waals surface area (Å²) >= 11 is 0. The Hall–Kier alpha value is -3.49. The summed E-state index contributed by atoms with van der Waals surface area (Å²) in [6.07, 6.45) is 1.67. The molecule has 0 radical (unpaired) electrons. The quantitative estimate of drug-likeness (QED) is 0.759. The number of hydrogen-bond donors (Lipinski definition) is 1. The van der Waals surface area contributed by atoms with Crippen molar-refractivity contribution < 1.29 is 23.8 Å². The largest absolute Gasteiger partial charge is 0.486 e. The molecule has 1 fully saturated rings. The van der Waals surface area contributed by atoms with Gasteiger partial charge in [-0.05, 0) is 50.6 Å². The lowest BCUT2D eigenvalue weighted by molar-refractivity contribution is -0.115. The summed E-state index contributed by atoms with van der Waals surface area (Å²) in [5.74, 6) is 1.71. The van der Waals surface area contributed by atoms with E-state index in [1.165, 1.54) is 0 Å². The van der Waals surface area contributed by atoms with Crippen molar-refractivity contribution in [1.82, 2.24) is 9.88 Å². The van der Waals surface area contributed by atoms with E-state index in [4.69, 9.17) is 14.2 Å². The predicted octanol–water partition coefficient (Wildman–Crippen LogP) is 3.09. The molecule has 0 saturated carbocycles. The number of nitrogens with one attached hydrogen (secondary N) is 1. The van der Waals surface area contributed by atoms with Crippen LogP contribution in [0.3, 0.4) is 0 Å². The van der Waals surface area contributed by atoms with E-state index >= 15 is 0 Å². The van der Waals surface area contributed by atoms with Gasteiger partial charge >= 0.3 is 6.09 Å². The van der Waals surface area contributed by atoms with Crippen molar-refractivity contribution in [1.29, 1.82) is 0 Å². The van der Waals surface area contributed by atoms with Gasteiger partial charge in [0.15, 0.2) is 11.5 Å². The first-order valence-corrected chi connectivity index (χ1v) is 11.1. The van der Waals surface area contributed by atoms with Crippen LogP contribution in [0.25, 0.3) is 0 Å². The van der Waals surface area contributed by atoms with E-state index < -0.39 is 5.60 Å². The molecule has 1 saturated heterocycles. The Balaban J connectivity index is 1.27. The third-order valence-corrected chi connectivity index (χ3v) is 5.28. The minimum absolute atomic E-state index is 0.155. The number of amides is 2. The van der Waals surface area contributed by atoms with Gasteiger partial charge in [-0.1, -0.05) is 6.07 Å². The zero-order valence-corrected chi connectivity index (χ0v) is 19.3. The second-order valence-corrected chi connectivity index (χ2v) is 9.06. The predicted molar refractivity (Wildman–Crippen MR) is 124 cm³/mol. The number of piperazine rings is 1. The fourth-order valence-electron chi connectivity index (χ4n) is 3.69. The summed E-state index contributed by atoms with van der Waals surface area (Å²) in [7, 11) is 0. The maximum Gasteiger partial charge on any atom is 0.410 e. The first kappa shape index (κ1) is 22.7. The lowest BCUT2D eigenvalue weighted by Crippen LogP contribution is -2.50. The van der Waals surface area contributed by atoms with Gasteiger partial charge in [0, 0.05) is 26.2 Å². The molecule has 9 heteroatoms. The monoisotopic (exact) mass is 454 g/mol. The summed E-state index contributed by atoms with van der Waals surface area (Å²) < 4.78 is 16.5. The number of hydrogen-bond acceptors (Lipinski definition) is 7. The van der Waals surface area contributed by atoms with Crippen LogP contribution < -0.4 is 19.7 Å². The van der Waals surface area contributed by atoms with Crippen LogP contribution in [0.1, 0.15) is 26.3 Å². The molecule has 0 bridgehead atoms. The number of rotatable bonds is 4. The van der Waals surface area contributed by atoms with Crippen LogP contribution in [0.15, 0.2) is 36.5 Å². The van der Waals surface area contributed by atoms with Crippen LogP contribution in [-0.2, 0) is 16.0 Å². The van der Waals surface area contributed by atoms with Gasteiger partial charge in [-0.15, -0.1) is 0 Å². The molecule has 1 aromatic heterocycles. The summed E-state index contributed by atoms with van der Waals surface area (Å²) in [5, 5.41) is 2.83. The van der Waals surface area contributed by atoms with Crippen molar-refractivity contribution in [3.63, 3.8) is 0 Å². The van der Waals surface area contributed by atoms with Crippen LogP contribution in [0.4, 0.5) is 16.3 Å². The minimum atomic E-state index is -0.500. The SMILES string of the molecule is CC(C)(C)OC(=O)N1CCN(c2ccc(NC(=O)Cc3ccc4c(c3)OCCO4)nc2)CC1. The van der Waals surface area contributed by atoms with Gasteiger partial charge in [-0.2, -0.15) is 0 Å². The fraction of sp³-hybridized carbons (Fsp3) is 0.458. The molecular weight excluding hydrogens is 424 g/mol. The third-order valence-electron chi connectivity index (χ3n) is 5.28. The molecular formula is C24H30N4O5. The molecule has 33 heavy (non-hydrogen) atoms. The van der Waals surface area contributed by atoms with E-state index in [2.05, 4.69) is 15.2 Å². The standard InChI is InChI=1S/C24H30N4O5/c1-24(2,3)33-23(30)28-10-8-27(9-11-28)18-5-7-21(25-16-18)26-22(29)15-17-4-6-19-20(14-17)32-13-12-31-19/h4-7,14,16H,8-13,15H2,1-3H3,(H,25,26,29). The van der Waals surface area contributed by atoms with Crippen LogP contribution in [0.5, 0.6) is 11.5 Å². The van der Waals surface area contributed by atoms with Gasteiger partial charge < -0.3 is 29.3 Å². The maximum absolute atomic E-state index is 12.5. The van der Waals surface area contributed by atoms with Crippen molar-refractivity contribution in [3.8, 4) is 11.5 Å². The number of benzene rings is 1. The van der Waals surface area contributed by atoms with Gasteiger partial charge in [0.05, 0.1) is 18.3 Å². The molecule has 9 nitrogen and oxygen atoms in total. The lowest BCUT2D eigenvalue weighted by atomic mass is 10.1. The van der Waals surface area contributed by atoms with Gasteiger partial charge in [0.2, 0.25) is 5.91 Å². The van der Waals surface area contributed by atoms with Crippen molar-refractivity contribution in [2.24, 2.45) is 0 Å². The summed E-state index contributed by atoms with van der Waals surface area (Å²) in [6.45, 7) is 9.19. The number of anilines is 2. The third kappa shape index (κ3) is 6.06. The molecule has 0 spiro atoms. The first-order valence-electron chi connectivity index (χ1n) is 11.1. The molecule has 4 rings (SSSR count). The van der Waals surface area contributed by atoms with Gasteiger partial charge in [0.25, 0.3) is 0 Å². The molecule has 0 unspecified atom stereocenters. The number of pyridine rings is 1. The summed E-state index contributed by atoms with van der Waals surface area (Å²) in [5.41, 5.74) is 1.29. The van der Waals surface area contributed by atoms with Crippen LogP contribution >= 0.6 is 0 Å². The number of carbonyl (C=O) groups is 2. The minimum Gasteiger partial charge on any atom is -0.486 e. The highest BCUT2D eigenvalue weighted by Gasteiger charge is 2.26. The van der Waals surface area contributed by atoms with Gasteiger partial charge in [0.1, 0.15) is 24.6 Å². The van der Waals surface area contributed by atoms with Crippen molar-refractivity contribution in [3.05, 3.63) is 42.1 Å².